The van der Waals surface area contributed by atoms with Crippen LogP contribution in [-0.4, -0.2) is 27.0 Å². The number of nitrogens with zero attached hydrogens (tertiary/aromatic N) is 1. The number of urea groups is 1. The Morgan fingerprint density at radius 1 is 1.13 bits per heavy atom. The average Bonchev–Trinajstić information content (AvgIpc) is 3.00. The normalized spacial score (nSPS) is 19.7. The number of aromatic nitrogens is 2. The van der Waals surface area contributed by atoms with Gasteiger partial charge in [-0.05, 0) is 42.0 Å². The van der Waals surface area contributed by atoms with Gasteiger partial charge in [-0.15, -0.1) is 0 Å². The van der Waals surface area contributed by atoms with Crippen molar-refractivity contribution < 1.29 is 9.90 Å². The van der Waals surface area contributed by atoms with Crippen LogP contribution >= 0.6 is 0 Å². The Balaban J connectivity index is 1.62. The molecular weight excluding hydrogens is 380 g/mol. The number of para-hydroxylation sites is 1. The second-order valence-electron chi connectivity index (χ2n) is 8.40. The minimum absolute atomic E-state index is 0.185. The summed E-state index contributed by atoms with van der Waals surface area (Å²) in [6.45, 7) is 5.83. The Kier molecular flexibility index (Phi) is 4.99. The number of amides is 2. The predicted molar refractivity (Wildman–Crippen MR) is 116 cm³/mol. The van der Waals surface area contributed by atoms with E-state index in [0.29, 0.717) is 17.8 Å². The zero-order valence-corrected chi connectivity index (χ0v) is 17.3. The van der Waals surface area contributed by atoms with E-state index in [0.717, 1.165) is 16.8 Å². The Morgan fingerprint density at radius 2 is 1.80 bits per heavy atom. The maximum Gasteiger partial charge on any atom is 0.320 e. The van der Waals surface area contributed by atoms with Crippen molar-refractivity contribution in [1.82, 2.24) is 15.1 Å². The van der Waals surface area contributed by atoms with Gasteiger partial charge in [0.2, 0.25) is 0 Å². The van der Waals surface area contributed by atoms with E-state index in [2.05, 4.69) is 29.6 Å². The number of aliphatic hydroxyl groups excluding tert-OH is 1. The summed E-state index contributed by atoms with van der Waals surface area (Å²) < 4.78 is 1.55. The van der Waals surface area contributed by atoms with Crippen molar-refractivity contribution in [2.24, 2.45) is 0 Å². The number of H-pyrrole nitrogens is 1. The van der Waals surface area contributed by atoms with E-state index in [-0.39, 0.29) is 11.0 Å². The molecule has 156 valence electrons. The summed E-state index contributed by atoms with van der Waals surface area (Å²) in [7, 11) is 0. The summed E-state index contributed by atoms with van der Waals surface area (Å²) in [6.07, 6.45) is -0.184. The van der Waals surface area contributed by atoms with Gasteiger partial charge in [0.1, 0.15) is 5.82 Å². The zero-order chi connectivity index (χ0) is 21.5. The van der Waals surface area contributed by atoms with Crippen LogP contribution in [0.15, 0.2) is 59.4 Å². The lowest BCUT2D eigenvalue weighted by molar-refractivity contribution is 0.0883. The van der Waals surface area contributed by atoms with Gasteiger partial charge < -0.3 is 10.4 Å². The first kappa shape index (κ1) is 20.0. The van der Waals surface area contributed by atoms with Crippen LogP contribution in [0.25, 0.3) is 5.69 Å². The lowest BCUT2D eigenvalue weighted by atomic mass is 9.70. The number of nitrogens with one attached hydrogen (secondary N) is 3. The topological polar surface area (TPSA) is 99.1 Å². The number of hydrogen-bond donors (Lipinski definition) is 4. The average molecular weight is 406 g/mol. The summed E-state index contributed by atoms with van der Waals surface area (Å²) in [5.41, 5.74) is 2.68. The summed E-state index contributed by atoms with van der Waals surface area (Å²) in [5, 5.41) is 19.2. The van der Waals surface area contributed by atoms with Crippen LogP contribution in [0, 0.1) is 6.92 Å². The molecule has 0 unspecified atom stereocenters. The maximum absolute atomic E-state index is 12.9. The van der Waals surface area contributed by atoms with Gasteiger partial charge >= 0.3 is 6.03 Å². The molecule has 30 heavy (non-hydrogen) atoms. The fourth-order valence-corrected chi connectivity index (χ4v) is 4.24. The van der Waals surface area contributed by atoms with Crippen molar-refractivity contribution in [3.8, 4) is 5.69 Å². The third-order valence-corrected chi connectivity index (χ3v) is 5.79. The molecule has 1 aliphatic rings. The first-order valence-corrected chi connectivity index (χ1v) is 10.00. The summed E-state index contributed by atoms with van der Waals surface area (Å²) in [4.78, 5) is 25.1. The molecule has 1 aromatic heterocycles. The highest BCUT2D eigenvalue weighted by molar-refractivity contribution is 5.89. The van der Waals surface area contributed by atoms with Crippen molar-refractivity contribution >= 4 is 11.8 Å². The molecule has 2 atom stereocenters. The van der Waals surface area contributed by atoms with Gasteiger partial charge in [-0.2, -0.15) is 0 Å². The van der Waals surface area contributed by atoms with Crippen molar-refractivity contribution in [3.63, 3.8) is 0 Å². The van der Waals surface area contributed by atoms with Crippen molar-refractivity contribution in [2.75, 3.05) is 5.32 Å². The quantitative estimate of drug-likeness (QED) is 0.537. The molecule has 0 saturated heterocycles. The van der Waals surface area contributed by atoms with Crippen LogP contribution in [0.5, 0.6) is 0 Å². The second-order valence-corrected chi connectivity index (χ2v) is 8.40. The van der Waals surface area contributed by atoms with Crippen LogP contribution in [0.1, 0.15) is 43.0 Å². The highest BCUT2D eigenvalue weighted by Gasteiger charge is 2.39. The zero-order valence-electron chi connectivity index (χ0n) is 17.3. The maximum atomic E-state index is 12.9. The first-order chi connectivity index (χ1) is 14.3. The Bertz CT molecular complexity index is 1130. The highest BCUT2D eigenvalue weighted by atomic mass is 16.3. The van der Waals surface area contributed by atoms with Gasteiger partial charge in [-0.25, -0.2) is 9.48 Å². The summed E-state index contributed by atoms with van der Waals surface area (Å²) in [5.74, 6) is 0.364. The van der Waals surface area contributed by atoms with Gasteiger partial charge in [0.25, 0.3) is 5.56 Å². The molecule has 0 spiro atoms. The van der Waals surface area contributed by atoms with E-state index < -0.39 is 18.2 Å². The Morgan fingerprint density at radius 3 is 2.53 bits per heavy atom. The Hall–Kier alpha value is -3.32. The third-order valence-electron chi connectivity index (χ3n) is 5.79. The molecule has 0 aliphatic heterocycles. The Labute approximate surface area is 174 Å². The van der Waals surface area contributed by atoms with E-state index in [4.69, 9.17) is 0 Å². The molecule has 3 aromatic rings. The molecule has 0 radical (unpaired) electrons. The molecule has 2 amide bonds. The van der Waals surface area contributed by atoms with Gasteiger partial charge in [0, 0.05) is 0 Å². The first-order valence-electron chi connectivity index (χ1n) is 10.00. The minimum atomic E-state index is -0.718. The van der Waals surface area contributed by atoms with Crippen LogP contribution in [-0.2, 0) is 5.41 Å². The lowest BCUT2D eigenvalue weighted by Crippen LogP contribution is -2.45. The van der Waals surface area contributed by atoms with Gasteiger partial charge in [-0.1, -0.05) is 56.3 Å². The van der Waals surface area contributed by atoms with Crippen molar-refractivity contribution in [2.45, 2.75) is 44.8 Å². The molecule has 1 aliphatic carbocycles. The number of anilines is 1. The molecule has 0 bridgehead atoms. The number of hydrogen-bond acceptors (Lipinski definition) is 3. The molecule has 0 saturated carbocycles. The summed E-state index contributed by atoms with van der Waals surface area (Å²) >= 11 is 0. The molecule has 4 rings (SSSR count). The minimum Gasteiger partial charge on any atom is -0.391 e. The number of carbonyl (C=O) groups excluding carboxylic acids is 1. The number of carbonyl (C=O) groups is 1. The van der Waals surface area contributed by atoms with Crippen LogP contribution in [0.2, 0.25) is 0 Å². The number of benzene rings is 2. The monoisotopic (exact) mass is 406 g/mol. The molecular formula is C23H26N4O3. The molecule has 4 N–H and O–H groups in total. The van der Waals surface area contributed by atoms with Crippen LogP contribution in [0.4, 0.5) is 10.6 Å². The van der Waals surface area contributed by atoms with E-state index >= 15 is 0 Å². The smallest absolute Gasteiger partial charge is 0.320 e. The van der Waals surface area contributed by atoms with Gasteiger partial charge in [0.05, 0.1) is 23.4 Å². The number of fused-ring (bicyclic) bond motifs is 1. The number of aromatic amines is 1. The molecule has 1 heterocycles. The van der Waals surface area contributed by atoms with Crippen molar-refractivity contribution in [1.29, 1.82) is 0 Å². The van der Waals surface area contributed by atoms with E-state index in [1.54, 1.807) is 11.6 Å². The third kappa shape index (κ3) is 3.52. The summed E-state index contributed by atoms with van der Waals surface area (Å²) in [6, 6.07) is 16.1. The fourth-order valence-electron chi connectivity index (χ4n) is 4.24. The molecule has 2 aromatic carbocycles. The second kappa shape index (κ2) is 7.50. The van der Waals surface area contributed by atoms with Crippen LogP contribution < -0.4 is 16.2 Å². The fraction of sp³-hybridized carbons (Fsp3) is 0.304. The largest absolute Gasteiger partial charge is 0.391 e. The van der Waals surface area contributed by atoms with Gasteiger partial charge in [0.15, 0.2) is 0 Å². The number of aliphatic hydroxyl groups is 1. The lowest BCUT2D eigenvalue weighted by Gasteiger charge is -2.40. The SMILES string of the molecule is Cc1c(NC(=O)N[C@@H]2c3ccccc3C(C)(C)C[C@H]2O)n(-c2ccccc2)[nH]c1=O. The molecule has 0 fully saturated rings. The van der Waals surface area contributed by atoms with Crippen molar-refractivity contribution in [3.05, 3.63) is 81.6 Å². The van der Waals surface area contributed by atoms with E-state index in [1.165, 1.54) is 0 Å². The van der Waals surface area contributed by atoms with E-state index in [1.807, 2.05) is 54.6 Å². The number of rotatable bonds is 3. The van der Waals surface area contributed by atoms with Crippen LogP contribution in [0.3, 0.4) is 0 Å². The highest BCUT2D eigenvalue weighted by Crippen LogP contribution is 2.41. The van der Waals surface area contributed by atoms with Gasteiger partial charge in [-0.3, -0.25) is 15.2 Å². The molecule has 7 heteroatoms. The van der Waals surface area contributed by atoms with E-state index in [9.17, 15) is 14.7 Å². The standard InChI is InChI=1S/C23H26N4O3/c1-14-20(27(26-21(14)29)15-9-5-4-6-10-15)25-22(30)24-19-16-11-7-8-12-17(16)23(2,3)13-18(19)28/h4-12,18-19,28H,13H2,1-3H3,(H,26,29)(H2,24,25,30)/t18-,19-/m1/s1. The predicted octanol–water partition coefficient (Wildman–Crippen LogP) is 3.38. The molecule has 7 nitrogen and oxygen atoms in total.